The van der Waals surface area contributed by atoms with Gasteiger partial charge in [0.05, 0.1) is 0 Å². The number of carbonyl (C=O) groups excluding carboxylic acids is 1. The molecule has 1 aromatic carbocycles. The fraction of sp³-hybridized carbons (Fsp3) is 0.471. The van der Waals surface area contributed by atoms with E-state index in [0.717, 1.165) is 12.0 Å². The molecular formula is C17H24ClNO. The molecule has 20 heavy (non-hydrogen) atoms. The summed E-state index contributed by atoms with van der Waals surface area (Å²) in [5.74, 6) is -0.0389. The second-order valence-corrected chi connectivity index (χ2v) is 5.58. The third-order valence-corrected chi connectivity index (χ3v) is 3.43. The highest BCUT2D eigenvalue weighted by Gasteiger charge is 2.04. The zero-order valence-corrected chi connectivity index (χ0v) is 13.1. The van der Waals surface area contributed by atoms with Crippen molar-refractivity contribution in [2.24, 2.45) is 0 Å². The van der Waals surface area contributed by atoms with Gasteiger partial charge in [0, 0.05) is 17.1 Å². The van der Waals surface area contributed by atoms with Crippen LogP contribution in [0.3, 0.4) is 0 Å². The van der Waals surface area contributed by atoms with Gasteiger partial charge in [0.25, 0.3) is 0 Å². The van der Waals surface area contributed by atoms with Crippen molar-refractivity contribution in [1.29, 1.82) is 0 Å². The number of unbranched alkanes of at least 4 members (excludes halogenated alkanes) is 3. The van der Waals surface area contributed by atoms with Gasteiger partial charge in [0.2, 0.25) is 5.91 Å². The Balaban J connectivity index is 2.30. The Bertz CT molecular complexity index is 425. The molecule has 0 aliphatic heterocycles. The van der Waals surface area contributed by atoms with Crippen molar-refractivity contribution in [3.63, 3.8) is 0 Å². The van der Waals surface area contributed by atoms with Gasteiger partial charge >= 0.3 is 0 Å². The van der Waals surface area contributed by atoms with Gasteiger partial charge in [-0.05, 0) is 37.1 Å². The van der Waals surface area contributed by atoms with E-state index in [1.165, 1.54) is 25.7 Å². The maximum atomic E-state index is 11.8. The van der Waals surface area contributed by atoms with E-state index >= 15 is 0 Å². The molecule has 0 aliphatic rings. The average molecular weight is 294 g/mol. The third-order valence-electron chi connectivity index (χ3n) is 3.18. The standard InChI is InChI=1S/C17H24ClNO/c1-3-4-5-6-7-14(2)19-17(20)13-10-15-8-11-16(18)12-9-15/h8-14H,3-7H2,1-2H3,(H,19,20). The molecule has 0 heterocycles. The molecule has 1 rings (SSSR count). The van der Waals surface area contributed by atoms with Crippen molar-refractivity contribution in [3.8, 4) is 0 Å². The van der Waals surface area contributed by atoms with E-state index in [-0.39, 0.29) is 11.9 Å². The van der Waals surface area contributed by atoms with Crippen LogP contribution in [0.25, 0.3) is 6.08 Å². The molecule has 1 unspecified atom stereocenters. The van der Waals surface area contributed by atoms with Crippen LogP contribution >= 0.6 is 11.6 Å². The second-order valence-electron chi connectivity index (χ2n) is 5.14. The van der Waals surface area contributed by atoms with Crippen molar-refractivity contribution >= 4 is 23.6 Å². The molecule has 2 nitrogen and oxygen atoms in total. The molecular weight excluding hydrogens is 270 g/mol. The zero-order chi connectivity index (χ0) is 14.8. The molecule has 1 aromatic rings. The largest absolute Gasteiger partial charge is 0.350 e. The van der Waals surface area contributed by atoms with Gasteiger partial charge in [-0.3, -0.25) is 4.79 Å². The molecule has 0 aromatic heterocycles. The van der Waals surface area contributed by atoms with Crippen LogP contribution in [-0.2, 0) is 4.79 Å². The SMILES string of the molecule is CCCCCCC(C)NC(=O)C=Cc1ccc(Cl)cc1. The van der Waals surface area contributed by atoms with Gasteiger partial charge in [-0.2, -0.15) is 0 Å². The molecule has 0 fully saturated rings. The number of hydrogen-bond donors (Lipinski definition) is 1. The van der Waals surface area contributed by atoms with Crippen LogP contribution in [0, 0.1) is 0 Å². The minimum atomic E-state index is -0.0389. The molecule has 3 heteroatoms. The molecule has 0 saturated carbocycles. The van der Waals surface area contributed by atoms with Gasteiger partial charge < -0.3 is 5.32 Å². The summed E-state index contributed by atoms with van der Waals surface area (Å²) in [6.45, 7) is 4.26. The molecule has 0 bridgehead atoms. The lowest BCUT2D eigenvalue weighted by atomic mass is 10.1. The predicted octanol–water partition coefficient (Wildman–Crippen LogP) is 4.83. The maximum absolute atomic E-state index is 11.8. The van der Waals surface area contributed by atoms with Crippen molar-refractivity contribution in [3.05, 3.63) is 40.9 Å². The summed E-state index contributed by atoms with van der Waals surface area (Å²) < 4.78 is 0. The van der Waals surface area contributed by atoms with Gasteiger partial charge in [-0.15, -0.1) is 0 Å². The summed E-state index contributed by atoms with van der Waals surface area (Å²) in [5, 5.41) is 3.69. The van der Waals surface area contributed by atoms with Crippen LogP contribution in [0.2, 0.25) is 5.02 Å². The lowest BCUT2D eigenvalue weighted by Crippen LogP contribution is -2.30. The summed E-state index contributed by atoms with van der Waals surface area (Å²) in [6.07, 6.45) is 9.36. The number of halogens is 1. The van der Waals surface area contributed by atoms with Crippen LogP contribution in [0.4, 0.5) is 0 Å². The summed E-state index contributed by atoms with van der Waals surface area (Å²) in [6, 6.07) is 7.64. The summed E-state index contributed by atoms with van der Waals surface area (Å²) in [4.78, 5) is 11.8. The Hall–Kier alpha value is -1.28. The highest BCUT2D eigenvalue weighted by atomic mass is 35.5. The first-order valence-corrected chi connectivity index (χ1v) is 7.73. The quantitative estimate of drug-likeness (QED) is 0.540. The Morgan fingerprint density at radius 3 is 2.60 bits per heavy atom. The average Bonchev–Trinajstić information content (AvgIpc) is 2.43. The molecule has 1 atom stereocenters. The van der Waals surface area contributed by atoms with E-state index < -0.39 is 0 Å². The maximum Gasteiger partial charge on any atom is 0.244 e. The topological polar surface area (TPSA) is 29.1 Å². The number of carbonyl (C=O) groups is 1. The zero-order valence-electron chi connectivity index (χ0n) is 12.4. The molecule has 1 amide bonds. The third kappa shape index (κ3) is 7.34. The predicted molar refractivity (Wildman–Crippen MR) is 86.8 cm³/mol. The Morgan fingerprint density at radius 1 is 1.25 bits per heavy atom. The van der Waals surface area contributed by atoms with Crippen LogP contribution in [0.15, 0.2) is 30.3 Å². The Morgan fingerprint density at radius 2 is 1.95 bits per heavy atom. The smallest absolute Gasteiger partial charge is 0.244 e. The minimum absolute atomic E-state index is 0.0389. The number of benzene rings is 1. The Kier molecular flexibility index (Phi) is 8.05. The van der Waals surface area contributed by atoms with Crippen molar-refractivity contribution < 1.29 is 4.79 Å². The first-order chi connectivity index (χ1) is 9.61. The molecule has 0 saturated heterocycles. The highest BCUT2D eigenvalue weighted by molar-refractivity contribution is 6.30. The van der Waals surface area contributed by atoms with E-state index in [1.807, 2.05) is 24.3 Å². The van der Waals surface area contributed by atoms with Crippen molar-refractivity contribution in [1.82, 2.24) is 5.32 Å². The van der Waals surface area contributed by atoms with Crippen LogP contribution < -0.4 is 5.32 Å². The number of nitrogens with one attached hydrogen (secondary N) is 1. The van der Waals surface area contributed by atoms with E-state index in [2.05, 4.69) is 19.2 Å². The number of hydrogen-bond acceptors (Lipinski definition) is 1. The summed E-state index contributed by atoms with van der Waals surface area (Å²) in [5.41, 5.74) is 0.972. The molecule has 0 radical (unpaired) electrons. The molecule has 0 spiro atoms. The van der Waals surface area contributed by atoms with Crippen LogP contribution in [0.1, 0.15) is 51.5 Å². The molecule has 0 aliphatic carbocycles. The lowest BCUT2D eigenvalue weighted by Gasteiger charge is -2.11. The van der Waals surface area contributed by atoms with Gasteiger partial charge in [0.1, 0.15) is 0 Å². The van der Waals surface area contributed by atoms with E-state index in [0.29, 0.717) is 5.02 Å². The minimum Gasteiger partial charge on any atom is -0.350 e. The molecule has 1 N–H and O–H groups in total. The van der Waals surface area contributed by atoms with Gasteiger partial charge in [-0.1, -0.05) is 56.3 Å². The number of amides is 1. The fourth-order valence-electron chi connectivity index (χ4n) is 1.99. The highest BCUT2D eigenvalue weighted by Crippen LogP contribution is 2.10. The van der Waals surface area contributed by atoms with Crippen molar-refractivity contribution in [2.45, 2.75) is 52.0 Å². The number of rotatable bonds is 8. The summed E-state index contributed by atoms with van der Waals surface area (Å²) in [7, 11) is 0. The summed E-state index contributed by atoms with van der Waals surface area (Å²) >= 11 is 5.81. The first kappa shape index (κ1) is 16.8. The van der Waals surface area contributed by atoms with Gasteiger partial charge in [0.15, 0.2) is 0 Å². The first-order valence-electron chi connectivity index (χ1n) is 7.36. The van der Waals surface area contributed by atoms with Crippen LogP contribution in [0.5, 0.6) is 0 Å². The van der Waals surface area contributed by atoms with Crippen LogP contribution in [-0.4, -0.2) is 11.9 Å². The van der Waals surface area contributed by atoms with E-state index in [9.17, 15) is 4.79 Å². The second kappa shape index (κ2) is 9.60. The fourth-order valence-corrected chi connectivity index (χ4v) is 2.11. The normalized spacial score (nSPS) is 12.6. The van der Waals surface area contributed by atoms with E-state index in [4.69, 9.17) is 11.6 Å². The van der Waals surface area contributed by atoms with Gasteiger partial charge in [-0.25, -0.2) is 0 Å². The van der Waals surface area contributed by atoms with Crippen molar-refractivity contribution in [2.75, 3.05) is 0 Å². The molecule has 110 valence electrons. The Labute approximate surface area is 127 Å². The van der Waals surface area contributed by atoms with E-state index in [1.54, 1.807) is 12.2 Å². The lowest BCUT2D eigenvalue weighted by molar-refractivity contribution is -0.117. The monoisotopic (exact) mass is 293 g/mol.